The molecule has 0 atom stereocenters. The highest BCUT2D eigenvalue weighted by Crippen LogP contribution is 2.25. The maximum absolute atomic E-state index is 12.8. The summed E-state index contributed by atoms with van der Waals surface area (Å²) in [5, 5.41) is 8.54. The SMILES string of the molecule is OCCC#Cc1c(Br)cc(F)cc1Br. The molecule has 0 amide bonds. The first-order chi connectivity index (χ1) is 6.65. The Kier molecular flexibility index (Phi) is 4.59. The quantitative estimate of drug-likeness (QED) is 0.788. The van der Waals surface area contributed by atoms with E-state index in [-0.39, 0.29) is 12.4 Å². The molecule has 0 aromatic heterocycles. The van der Waals surface area contributed by atoms with Crippen LogP contribution in [0.2, 0.25) is 0 Å². The summed E-state index contributed by atoms with van der Waals surface area (Å²) in [7, 11) is 0. The topological polar surface area (TPSA) is 20.2 Å². The maximum Gasteiger partial charge on any atom is 0.125 e. The van der Waals surface area contributed by atoms with Crippen LogP contribution in [0.4, 0.5) is 4.39 Å². The molecule has 0 saturated carbocycles. The van der Waals surface area contributed by atoms with Crippen molar-refractivity contribution >= 4 is 31.9 Å². The molecule has 14 heavy (non-hydrogen) atoms. The van der Waals surface area contributed by atoms with Crippen LogP contribution in [0.15, 0.2) is 21.1 Å². The number of hydrogen-bond acceptors (Lipinski definition) is 1. The van der Waals surface area contributed by atoms with Gasteiger partial charge in [-0.15, -0.1) is 0 Å². The van der Waals surface area contributed by atoms with Gasteiger partial charge in [0.2, 0.25) is 0 Å². The summed E-state index contributed by atoms with van der Waals surface area (Å²) in [6.07, 6.45) is 0.413. The zero-order valence-corrected chi connectivity index (χ0v) is 10.3. The average Bonchev–Trinajstić information content (AvgIpc) is 2.09. The number of aliphatic hydroxyl groups is 1. The summed E-state index contributed by atoms with van der Waals surface area (Å²) >= 11 is 6.43. The second kappa shape index (κ2) is 5.50. The molecular formula is C10H7Br2FO. The molecule has 4 heteroatoms. The lowest BCUT2D eigenvalue weighted by molar-refractivity contribution is 0.305. The third kappa shape index (κ3) is 3.09. The second-order valence-corrected chi connectivity index (χ2v) is 4.23. The van der Waals surface area contributed by atoms with Crippen LogP contribution in [-0.2, 0) is 0 Å². The summed E-state index contributed by atoms with van der Waals surface area (Å²) in [5.74, 6) is 5.29. The van der Waals surface area contributed by atoms with Gasteiger partial charge in [0, 0.05) is 15.4 Å². The van der Waals surface area contributed by atoms with E-state index in [4.69, 9.17) is 5.11 Å². The Morgan fingerprint density at radius 3 is 2.36 bits per heavy atom. The van der Waals surface area contributed by atoms with E-state index in [9.17, 15) is 4.39 Å². The van der Waals surface area contributed by atoms with Crippen molar-refractivity contribution in [2.24, 2.45) is 0 Å². The van der Waals surface area contributed by atoms with Crippen LogP contribution in [0.5, 0.6) is 0 Å². The third-order valence-electron chi connectivity index (χ3n) is 1.46. The van der Waals surface area contributed by atoms with Gasteiger partial charge in [0.05, 0.1) is 12.2 Å². The molecule has 0 fully saturated rings. The molecule has 1 nitrogen and oxygen atoms in total. The van der Waals surface area contributed by atoms with Gasteiger partial charge in [-0.3, -0.25) is 0 Å². The minimum atomic E-state index is -0.323. The first-order valence-electron chi connectivity index (χ1n) is 3.89. The van der Waals surface area contributed by atoms with Gasteiger partial charge in [-0.2, -0.15) is 0 Å². The van der Waals surface area contributed by atoms with Crippen molar-refractivity contribution in [3.8, 4) is 11.8 Å². The lowest BCUT2D eigenvalue weighted by atomic mass is 10.2. The fourth-order valence-corrected chi connectivity index (χ4v) is 2.20. The number of aliphatic hydroxyl groups excluding tert-OH is 1. The molecule has 0 aliphatic heterocycles. The lowest BCUT2D eigenvalue weighted by Crippen LogP contribution is -1.84. The molecule has 1 aromatic rings. The van der Waals surface area contributed by atoms with Crippen LogP contribution in [0.1, 0.15) is 12.0 Å². The summed E-state index contributed by atoms with van der Waals surface area (Å²) in [5.41, 5.74) is 0.694. The van der Waals surface area contributed by atoms with E-state index in [1.165, 1.54) is 12.1 Å². The molecule has 0 spiro atoms. The normalized spacial score (nSPS) is 9.43. The summed E-state index contributed by atoms with van der Waals surface area (Å²) in [6.45, 7) is 0.0312. The van der Waals surface area contributed by atoms with Gasteiger partial charge in [-0.1, -0.05) is 11.8 Å². The molecule has 0 radical (unpaired) electrons. The van der Waals surface area contributed by atoms with E-state index in [2.05, 4.69) is 43.7 Å². The molecule has 0 saturated heterocycles. The highest BCUT2D eigenvalue weighted by molar-refractivity contribution is 9.11. The van der Waals surface area contributed by atoms with Crippen molar-refractivity contribution in [3.63, 3.8) is 0 Å². The first-order valence-corrected chi connectivity index (χ1v) is 5.48. The Morgan fingerprint density at radius 1 is 1.29 bits per heavy atom. The second-order valence-electron chi connectivity index (χ2n) is 2.52. The predicted molar refractivity (Wildman–Crippen MR) is 60.4 cm³/mol. The number of benzene rings is 1. The lowest BCUT2D eigenvalue weighted by Gasteiger charge is -1.99. The van der Waals surface area contributed by atoms with E-state index in [0.717, 1.165) is 0 Å². The minimum Gasteiger partial charge on any atom is -0.395 e. The highest BCUT2D eigenvalue weighted by Gasteiger charge is 2.04. The molecule has 1 aromatic carbocycles. The largest absolute Gasteiger partial charge is 0.395 e. The zero-order valence-electron chi connectivity index (χ0n) is 7.15. The molecule has 74 valence electrons. The van der Waals surface area contributed by atoms with Crippen molar-refractivity contribution < 1.29 is 9.50 Å². The molecule has 0 aliphatic carbocycles. The van der Waals surface area contributed by atoms with Crippen molar-refractivity contribution in [2.45, 2.75) is 6.42 Å². The minimum absolute atomic E-state index is 0.0312. The third-order valence-corrected chi connectivity index (χ3v) is 2.71. The number of halogens is 3. The van der Waals surface area contributed by atoms with Gasteiger partial charge in [-0.05, 0) is 44.0 Å². The number of rotatable bonds is 1. The van der Waals surface area contributed by atoms with Gasteiger partial charge in [-0.25, -0.2) is 4.39 Å². The van der Waals surface area contributed by atoms with E-state index in [1.54, 1.807) is 0 Å². The van der Waals surface area contributed by atoms with Crippen LogP contribution < -0.4 is 0 Å². The zero-order chi connectivity index (χ0) is 10.6. The summed E-state index contributed by atoms with van der Waals surface area (Å²) in [6, 6.07) is 2.71. The number of hydrogen-bond donors (Lipinski definition) is 1. The van der Waals surface area contributed by atoms with Crippen LogP contribution in [0.3, 0.4) is 0 Å². The molecular weight excluding hydrogens is 315 g/mol. The predicted octanol–water partition coefficient (Wildman–Crippen LogP) is 3.08. The molecule has 1 rings (SSSR count). The molecule has 0 heterocycles. The smallest absolute Gasteiger partial charge is 0.125 e. The average molecular weight is 322 g/mol. The van der Waals surface area contributed by atoms with Crippen molar-refractivity contribution in [3.05, 3.63) is 32.5 Å². The fourth-order valence-electron chi connectivity index (χ4n) is 0.868. The molecule has 1 N–H and O–H groups in total. The maximum atomic E-state index is 12.8. The van der Waals surface area contributed by atoms with Gasteiger partial charge < -0.3 is 5.11 Å². The Balaban J connectivity index is 3.04. The van der Waals surface area contributed by atoms with E-state index < -0.39 is 0 Å². The van der Waals surface area contributed by atoms with E-state index in [0.29, 0.717) is 20.9 Å². The Morgan fingerprint density at radius 2 is 1.86 bits per heavy atom. The summed E-state index contributed by atoms with van der Waals surface area (Å²) in [4.78, 5) is 0. The van der Waals surface area contributed by atoms with Gasteiger partial charge >= 0.3 is 0 Å². The monoisotopic (exact) mass is 320 g/mol. The van der Waals surface area contributed by atoms with Gasteiger partial charge in [0.15, 0.2) is 0 Å². The Bertz CT molecular complexity index is 370. The fraction of sp³-hybridized carbons (Fsp3) is 0.200. The Hall–Kier alpha value is -0.370. The van der Waals surface area contributed by atoms with Crippen molar-refractivity contribution in [1.29, 1.82) is 0 Å². The Labute approximate surface area is 98.6 Å². The van der Waals surface area contributed by atoms with Crippen LogP contribution in [0.25, 0.3) is 0 Å². The van der Waals surface area contributed by atoms with E-state index >= 15 is 0 Å². The van der Waals surface area contributed by atoms with Gasteiger partial charge in [0.25, 0.3) is 0 Å². The molecule has 0 aliphatic rings. The first kappa shape index (κ1) is 11.7. The van der Waals surface area contributed by atoms with Gasteiger partial charge in [0.1, 0.15) is 5.82 Å². The molecule has 0 bridgehead atoms. The van der Waals surface area contributed by atoms with Crippen LogP contribution in [-0.4, -0.2) is 11.7 Å². The van der Waals surface area contributed by atoms with Crippen molar-refractivity contribution in [1.82, 2.24) is 0 Å². The molecule has 0 unspecified atom stereocenters. The van der Waals surface area contributed by atoms with E-state index in [1.807, 2.05) is 0 Å². The van der Waals surface area contributed by atoms with Crippen molar-refractivity contribution in [2.75, 3.05) is 6.61 Å². The standard InChI is InChI=1S/C10H7Br2FO/c11-9-5-7(13)6-10(12)8(9)3-1-2-4-14/h5-6,14H,2,4H2. The summed E-state index contributed by atoms with van der Waals surface area (Å²) < 4.78 is 14.1. The van der Waals surface area contributed by atoms with Crippen LogP contribution >= 0.6 is 31.9 Å². The highest BCUT2D eigenvalue weighted by atomic mass is 79.9. The van der Waals surface area contributed by atoms with Crippen LogP contribution in [0, 0.1) is 17.7 Å².